The van der Waals surface area contributed by atoms with Gasteiger partial charge < -0.3 is 10.0 Å². The van der Waals surface area contributed by atoms with Gasteiger partial charge in [-0.1, -0.05) is 0 Å². The van der Waals surface area contributed by atoms with Gasteiger partial charge in [0, 0.05) is 44.3 Å². The summed E-state index contributed by atoms with van der Waals surface area (Å²) in [6.45, 7) is 3.10. The summed E-state index contributed by atoms with van der Waals surface area (Å²) in [5.74, 6) is 0.933. The van der Waals surface area contributed by atoms with Crippen LogP contribution in [0, 0.1) is 0 Å². The molecule has 0 saturated carbocycles. The zero-order valence-electron chi connectivity index (χ0n) is 13.5. The topological polar surface area (TPSA) is 70.3 Å². The number of nitrogens with zero attached hydrogens (tertiary/aromatic N) is 6. The Morgan fingerprint density at radius 2 is 2.30 bits per heavy atom. The van der Waals surface area contributed by atoms with Crippen molar-refractivity contribution in [3.8, 4) is 0 Å². The number of hydrogen-bond donors (Lipinski definition) is 1. The second-order valence-electron chi connectivity index (χ2n) is 6.15. The number of piperidine rings is 1. The molecule has 124 valence electrons. The Labute approximate surface area is 136 Å². The van der Waals surface area contributed by atoms with Crippen LogP contribution in [0.4, 0.5) is 5.82 Å². The predicted molar refractivity (Wildman–Crippen MR) is 88.1 cm³/mol. The maximum absolute atomic E-state index is 10.3. The maximum Gasteiger partial charge on any atom is 0.151 e. The zero-order chi connectivity index (χ0) is 16.1. The van der Waals surface area contributed by atoms with Gasteiger partial charge in [0.2, 0.25) is 0 Å². The van der Waals surface area contributed by atoms with Gasteiger partial charge in [-0.25, -0.2) is 0 Å². The van der Waals surface area contributed by atoms with Crippen LogP contribution >= 0.6 is 0 Å². The standard InChI is InChI=1S/C16H24N6O/c1-20(12-15(23)13-22-10-4-8-18-22)14-5-3-9-21(11-14)16-6-2-7-17-19-16/h2,4,6-8,10,14-15,23H,3,5,9,11-13H2,1H3. The minimum atomic E-state index is -0.424. The highest BCUT2D eigenvalue weighted by atomic mass is 16.3. The monoisotopic (exact) mass is 316 g/mol. The van der Waals surface area contributed by atoms with Gasteiger partial charge in [0.15, 0.2) is 5.82 Å². The third-order valence-electron chi connectivity index (χ3n) is 4.36. The summed E-state index contributed by atoms with van der Waals surface area (Å²) in [4.78, 5) is 4.52. The molecule has 1 aliphatic heterocycles. The van der Waals surface area contributed by atoms with Crippen LogP contribution in [0.1, 0.15) is 12.8 Å². The molecule has 0 amide bonds. The molecule has 1 aliphatic rings. The van der Waals surface area contributed by atoms with E-state index in [1.165, 1.54) is 0 Å². The summed E-state index contributed by atoms with van der Waals surface area (Å²) in [5, 5.41) is 22.6. The molecule has 2 unspecified atom stereocenters. The fourth-order valence-corrected chi connectivity index (χ4v) is 3.15. The third-order valence-corrected chi connectivity index (χ3v) is 4.36. The lowest BCUT2D eigenvalue weighted by Crippen LogP contribution is -2.49. The molecule has 7 nitrogen and oxygen atoms in total. The third kappa shape index (κ3) is 4.27. The van der Waals surface area contributed by atoms with Gasteiger partial charge in [-0.15, -0.1) is 5.10 Å². The Hall–Kier alpha value is -1.99. The van der Waals surface area contributed by atoms with Crippen molar-refractivity contribution in [2.24, 2.45) is 0 Å². The van der Waals surface area contributed by atoms with E-state index in [0.29, 0.717) is 19.1 Å². The van der Waals surface area contributed by atoms with E-state index in [-0.39, 0.29) is 0 Å². The Kier molecular flexibility index (Phi) is 5.19. The number of aliphatic hydroxyl groups is 1. The molecule has 1 saturated heterocycles. The molecule has 2 aromatic rings. The van der Waals surface area contributed by atoms with E-state index in [4.69, 9.17) is 0 Å². The first-order chi connectivity index (χ1) is 11.2. The van der Waals surface area contributed by atoms with Crippen molar-refractivity contribution in [3.05, 3.63) is 36.8 Å². The van der Waals surface area contributed by atoms with Gasteiger partial charge in [0.25, 0.3) is 0 Å². The van der Waals surface area contributed by atoms with E-state index < -0.39 is 6.10 Å². The van der Waals surface area contributed by atoms with Gasteiger partial charge in [-0.2, -0.15) is 10.2 Å². The zero-order valence-corrected chi connectivity index (χ0v) is 13.5. The van der Waals surface area contributed by atoms with E-state index in [9.17, 15) is 5.11 Å². The number of aliphatic hydroxyl groups excluding tert-OH is 1. The lowest BCUT2D eigenvalue weighted by atomic mass is 10.0. The normalized spacial score (nSPS) is 20.0. The molecular weight excluding hydrogens is 292 g/mol. The summed E-state index contributed by atoms with van der Waals surface area (Å²) in [7, 11) is 2.08. The van der Waals surface area contributed by atoms with Crippen LogP contribution in [0.2, 0.25) is 0 Å². The summed E-state index contributed by atoms with van der Waals surface area (Å²) < 4.78 is 1.77. The van der Waals surface area contributed by atoms with Gasteiger partial charge in [-0.3, -0.25) is 9.58 Å². The SMILES string of the molecule is CN(CC(O)Cn1cccn1)C1CCCN(c2cccnn2)C1. The highest BCUT2D eigenvalue weighted by molar-refractivity contribution is 5.37. The highest BCUT2D eigenvalue weighted by Crippen LogP contribution is 2.19. The molecule has 2 aromatic heterocycles. The number of hydrogen-bond acceptors (Lipinski definition) is 6. The highest BCUT2D eigenvalue weighted by Gasteiger charge is 2.25. The molecule has 7 heteroatoms. The van der Waals surface area contributed by atoms with Crippen LogP contribution in [0.25, 0.3) is 0 Å². The van der Waals surface area contributed by atoms with Crippen molar-refractivity contribution in [1.82, 2.24) is 24.9 Å². The fourth-order valence-electron chi connectivity index (χ4n) is 3.15. The molecule has 0 aromatic carbocycles. The molecular formula is C16H24N6O. The predicted octanol–water partition coefficient (Wildman–Crippen LogP) is 0.635. The number of anilines is 1. The van der Waals surface area contributed by atoms with Gasteiger partial charge in [0.1, 0.15) is 0 Å². The van der Waals surface area contributed by atoms with Crippen LogP contribution in [-0.4, -0.2) is 68.8 Å². The second-order valence-corrected chi connectivity index (χ2v) is 6.15. The lowest BCUT2D eigenvalue weighted by molar-refractivity contribution is 0.0834. The number of aromatic nitrogens is 4. The molecule has 0 bridgehead atoms. The van der Waals surface area contributed by atoms with Crippen molar-refractivity contribution < 1.29 is 5.11 Å². The van der Waals surface area contributed by atoms with Gasteiger partial charge >= 0.3 is 0 Å². The summed E-state index contributed by atoms with van der Waals surface area (Å²) in [6, 6.07) is 6.21. The first-order valence-corrected chi connectivity index (χ1v) is 8.11. The molecule has 0 radical (unpaired) electrons. The minimum Gasteiger partial charge on any atom is -0.390 e. The maximum atomic E-state index is 10.3. The molecule has 0 spiro atoms. The fraction of sp³-hybridized carbons (Fsp3) is 0.562. The van der Waals surface area contributed by atoms with E-state index in [2.05, 4.69) is 32.1 Å². The lowest BCUT2D eigenvalue weighted by Gasteiger charge is -2.38. The average Bonchev–Trinajstić information content (AvgIpc) is 3.08. The van der Waals surface area contributed by atoms with Crippen LogP contribution in [-0.2, 0) is 6.54 Å². The van der Waals surface area contributed by atoms with Crippen molar-refractivity contribution in [2.45, 2.75) is 31.5 Å². The van der Waals surface area contributed by atoms with E-state index in [0.717, 1.165) is 31.7 Å². The van der Waals surface area contributed by atoms with E-state index in [1.54, 1.807) is 17.1 Å². The summed E-state index contributed by atoms with van der Waals surface area (Å²) in [6.07, 6.45) is 7.15. The number of rotatable bonds is 6. The Morgan fingerprint density at radius 3 is 3.04 bits per heavy atom. The molecule has 3 rings (SSSR count). The first-order valence-electron chi connectivity index (χ1n) is 8.11. The molecule has 1 fully saturated rings. The second kappa shape index (κ2) is 7.52. The van der Waals surface area contributed by atoms with Crippen molar-refractivity contribution in [3.63, 3.8) is 0 Å². The summed E-state index contributed by atoms with van der Waals surface area (Å²) >= 11 is 0. The molecule has 0 aliphatic carbocycles. The number of likely N-dealkylation sites (N-methyl/N-ethyl adjacent to an activating group) is 1. The summed E-state index contributed by atoms with van der Waals surface area (Å²) in [5.41, 5.74) is 0. The smallest absolute Gasteiger partial charge is 0.151 e. The quantitative estimate of drug-likeness (QED) is 0.843. The first kappa shape index (κ1) is 15.9. The molecule has 23 heavy (non-hydrogen) atoms. The van der Waals surface area contributed by atoms with Crippen LogP contribution in [0.15, 0.2) is 36.8 Å². The minimum absolute atomic E-state index is 0.415. The van der Waals surface area contributed by atoms with Crippen molar-refractivity contribution in [2.75, 3.05) is 31.6 Å². The van der Waals surface area contributed by atoms with Gasteiger partial charge in [0.05, 0.1) is 12.6 Å². The van der Waals surface area contributed by atoms with Crippen molar-refractivity contribution in [1.29, 1.82) is 0 Å². The molecule has 2 atom stereocenters. The van der Waals surface area contributed by atoms with Crippen LogP contribution < -0.4 is 4.90 Å². The van der Waals surface area contributed by atoms with Crippen LogP contribution in [0.3, 0.4) is 0 Å². The van der Waals surface area contributed by atoms with Crippen molar-refractivity contribution >= 4 is 5.82 Å². The van der Waals surface area contributed by atoms with E-state index >= 15 is 0 Å². The molecule has 3 heterocycles. The van der Waals surface area contributed by atoms with Crippen LogP contribution in [0.5, 0.6) is 0 Å². The van der Waals surface area contributed by atoms with Gasteiger partial charge in [-0.05, 0) is 38.1 Å². The van der Waals surface area contributed by atoms with E-state index in [1.807, 2.05) is 24.4 Å². The largest absolute Gasteiger partial charge is 0.390 e. The Morgan fingerprint density at radius 1 is 1.39 bits per heavy atom. The molecule has 1 N–H and O–H groups in total. The Bertz CT molecular complexity index is 576. The average molecular weight is 316 g/mol. The Balaban J connectivity index is 1.53.